The molecular formula is C23H22FN. The molecule has 25 heavy (non-hydrogen) atoms. The predicted octanol–water partition coefficient (Wildman–Crippen LogP) is 5.21. The Balaban J connectivity index is 2.07. The smallest absolute Gasteiger partial charge is 0.128 e. The standard InChI is InChI=1S/C23H22FN/c24-22-16-8-7-15-21(22)23(25-17-9-10-18-25,19-11-3-1-4-12-19)20-13-5-2-6-14-20/h1-8,11-16H,9-10,17-18H2. The average Bonchev–Trinajstić information content (AvgIpc) is 3.21. The average molecular weight is 331 g/mol. The first kappa shape index (κ1) is 16.0. The first-order chi connectivity index (χ1) is 12.3. The molecule has 126 valence electrons. The summed E-state index contributed by atoms with van der Waals surface area (Å²) in [5.41, 5.74) is 2.38. The SMILES string of the molecule is Fc1ccccc1C(c1ccccc1)(c1ccccc1)N1CCCC1. The molecule has 1 aliphatic heterocycles. The molecule has 3 aromatic carbocycles. The molecule has 0 atom stereocenters. The minimum absolute atomic E-state index is 0.151. The molecule has 0 saturated carbocycles. The van der Waals surface area contributed by atoms with E-state index >= 15 is 4.39 Å². The van der Waals surface area contributed by atoms with Crippen molar-refractivity contribution in [3.05, 3.63) is 107 Å². The lowest BCUT2D eigenvalue weighted by Gasteiger charge is -2.43. The fourth-order valence-corrected chi connectivity index (χ4v) is 4.18. The van der Waals surface area contributed by atoms with Crippen LogP contribution in [0.15, 0.2) is 84.9 Å². The third-order valence-corrected chi connectivity index (χ3v) is 5.23. The number of halogens is 1. The van der Waals surface area contributed by atoms with Crippen LogP contribution in [0.1, 0.15) is 29.5 Å². The summed E-state index contributed by atoms with van der Waals surface area (Å²) in [5.74, 6) is -0.151. The predicted molar refractivity (Wildman–Crippen MR) is 100.0 cm³/mol. The van der Waals surface area contributed by atoms with Crippen LogP contribution in [0.25, 0.3) is 0 Å². The van der Waals surface area contributed by atoms with Gasteiger partial charge >= 0.3 is 0 Å². The van der Waals surface area contributed by atoms with Gasteiger partial charge in [0.25, 0.3) is 0 Å². The van der Waals surface area contributed by atoms with Crippen molar-refractivity contribution in [1.29, 1.82) is 0 Å². The first-order valence-corrected chi connectivity index (χ1v) is 8.94. The van der Waals surface area contributed by atoms with Gasteiger partial charge in [0.15, 0.2) is 0 Å². The van der Waals surface area contributed by atoms with Crippen molar-refractivity contribution in [1.82, 2.24) is 4.90 Å². The van der Waals surface area contributed by atoms with Gasteiger partial charge in [0.1, 0.15) is 11.4 Å². The third kappa shape index (κ3) is 2.67. The molecule has 1 saturated heterocycles. The second-order valence-electron chi connectivity index (χ2n) is 6.62. The molecule has 0 bridgehead atoms. The fraction of sp³-hybridized carbons (Fsp3) is 0.217. The minimum Gasteiger partial charge on any atom is -0.286 e. The van der Waals surface area contributed by atoms with Gasteiger partial charge in [0.2, 0.25) is 0 Å². The van der Waals surface area contributed by atoms with Crippen LogP contribution in [0.3, 0.4) is 0 Å². The van der Waals surface area contributed by atoms with Crippen molar-refractivity contribution in [3.63, 3.8) is 0 Å². The Morgan fingerprint density at radius 1 is 0.640 bits per heavy atom. The molecule has 1 nitrogen and oxygen atoms in total. The largest absolute Gasteiger partial charge is 0.286 e. The number of hydrogen-bond acceptors (Lipinski definition) is 1. The molecular weight excluding hydrogens is 309 g/mol. The van der Waals surface area contributed by atoms with E-state index in [1.54, 1.807) is 12.1 Å². The number of rotatable bonds is 4. The van der Waals surface area contributed by atoms with Crippen LogP contribution in [0, 0.1) is 5.82 Å². The van der Waals surface area contributed by atoms with E-state index in [1.165, 1.54) is 0 Å². The number of hydrogen-bond donors (Lipinski definition) is 0. The number of likely N-dealkylation sites (tertiary alicyclic amines) is 1. The van der Waals surface area contributed by atoms with Crippen LogP contribution in [0.4, 0.5) is 4.39 Å². The number of benzene rings is 3. The van der Waals surface area contributed by atoms with Gasteiger partial charge in [-0.15, -0.1) is 0 Å². The van der Waals surface area contributed by atoms with Crippen LogP contribution in [-0.2, 0) is 5.54 Å². The topological polar surface area (TPSA) is 3.24 Å². The van der Waals surface area contributed by atoms with Gasteiger partial charge in [0, 0.05) is 5.56 Å². The van der Waals surface area contributed by atoms with Gasteiger partial charge in [-0.1, -0.05) is 78.9 Å². The molecule has 0 N–H and O–H groups in total. The Bertz CT molecular complexity index is 783. The molecule has 0 radical (unpaired) electrons. The fourth-order valence-electron chi connectivity index (χ4n) is 4.18. The van der Waals surface area contributed by atoms with Gasteiger partial charge in [-0.3, -0.25) is 4.90 Å². The molecule has 1 heterocycles. The Kier molecular flexibility index (Phi) is 4.37. The molecule has 1 fully saturated rings. The summed E-state index contributed by atoms with van der Waals surface area (Å²) in [6, 6.07) is 27.9. The summed E-state index contributed by atoms with van der Waals surface area (Å²) < 4.78 is 15.1. The van der Waals surface area contributed by atoms with E-state index < -0.39 is 5.54 Å². The van der Waals surface area contributed by atoms with Crippen LogP contribution >= 0.6 is 0 Å². The quantitative estimate of drug-likeness (QED) is 0.593. The lowest BCUT2D eigenvalue weighted by molar-refractivity contribution is 0.194. The third-order valence-electron chi connectivity index (χ3n) is 5.23. The zero-order chi connectivity index (χ0) is 17.1. The summed E-state index contributed by atoms with van der Waals surface area (Å²) in [4.78, 5) is 2.44. The summed E-state index contributed by atoms with van der Waals surface area (Å²) in [6.45, 7) is 1.94. The zero-order valence-electron chi connectivity index (χ0n) is 14.2. The van der Waals surface area contributed by atoms with E-state index in [0.29, 0.717) is 0 Å². The van der Waals surface area contributed by atoms with Crippen molar-refractivity contribution in [2.24, 2.45) is 0 Å². The summed E-state index contributed by atoms with van der Waals surface area (Å²) >= 11 is 0. The molecule has 0 aliphatic carbocycles. The highest BCUT2D eigenvalue weighted by molar-refractivity contribution is 5.50. The molecule has 0 aromatic heterocycles. The monoisotopic (exact) mass is 331 g/mol. The van der Waals surface area contributed by atoms with E-state index in [9.17, 15) is 0 Å². The highest BCUT2D eigenvalue weighted by atomic mass is 19.1. The van der Waals surface area contributed by atoms with E-state index in [0.717, 1.165) is 42.6 Å². The van der Waals surface area contributed by atoms with Crippen molar-refractivity contribution >= 4 is 0 Å². The van der Waals surface area contributed by atoms with Gasteiger partial charge in [-0.2, -0.15) is 0 Å². The lowest BCUT2D eigenvalue weighted by atomic mass is 9.75. The maximum absolute atomic E-state index is 15.1. The Labute approximate surface area is 148 Å². The molecule has 2 heteroatoms. The lowest BCUT2D eigenvalue weighted by Crippen LogP contribution is -2.47. The summed E-state index contributed by atoms with van der Waals surface area (Å²) in [7, 11) is 0. The van der Waals surface area contributed by atoms with E-state index in [1.807, 2.05) is 48.5 Å². The van der Waals surface area contributed by atoms with Crippen LogP contribution in [0.2, 0.25) is 0 Å². The van der Waals surface area contributed by atoms with Gasteiger partial charge < -0.3 is 0 Å². The molecule has 0 spiro atoms. The molecule has 4 rings (SSSR count). The van der Waals surface area contributed by atoms with Crippen molar-refractivity contribution in [3.8, 4) is 0 Å². The molecule has 3 aromatic rings. The van der Waals surface area contributed by atoms with E-state index in [4.69, 9.17) is 0 Å². The maximum atomic E-state index is 15.1. The summed E-state index contributed by atoms with van der Waals surface area (Å²) in [6.07, 6.45) is 2.30. The van der Waals surface area contributed by atoms with Gasteiger partial charge in [-0.25, -0.2) is 4.39 Å². The van der Waals surface area contributed by atoms with Crippen molar-refractivity contribution < 1.29 is 4.39 Å². The second-order valence-corrected chi connectivity index (χ2v) is 6.62. The van der Waals surface area contributed by atoms with E-state index in [-0.39, 0.29) is 5.82 Å². The highest BCUT2D eigenvalue weighted by Gasteiger charge is 2.44. The summed E-state index contributed by atoms with van der Waals surface area (Å²) in [5, 5.41) is 0. The Hall–Kier alpha value is -2.45. The molecule has 0 amide bonds. The van der Waals surface area contributed by atoms with E-state index in [2.05, 4.69) is 29.2 Å². The van der Waals surface area contributed by atoms with Crippen molar-refractivity contribution in [2.75, 3.05) is 13.1 Å². The molecule has 0 unspecified atom stereocenters. The normalized spacial score (nSPS) is 15.4. The zero-order valence-corrected chi connectivity index (χ0v) is 14.2. The van der Waals surface area contributed by atoms with Gasteiger partial charge in [-0.05, 0) is 43.1 Å². The minimum atomic E-state index is -0.593. The first-order valence-electron chi connectivity index (χ1n) is 8.94. The van der Waals surface area contributed by atoms with Crippen LogP contribution < -0.4 is 0 Å². The van der Waals surface area contributed by atoms with Crippen LogP contribution in [0.5, 0.6) is 0 Å². The Morgan fingerprint density at radius 3 is 1.64 bits per heavy atom. The van der Waals surface area contributed by atoms with Crippen LogP contribution in [-0.4, -0.2) is 18.0 Å². The number of nitrogens with zero attached hydrogens (tertiary/aromatic N) is 1. The maximum Gasteiger partial charge on any atom is 0.128 e. The second kappa shape index (κ2) is 6.81. The Morgan fingerprint density at radius 2 is 1.12 bits per heavy atom. The highest BCUT2D eigenvalue weighted by Crippen LogP contribution is 2.44. The van der Waals surface area contributed by atoms with Crippen molar-refractivity contribution in [2.45, 2.75) is 18.4 Å². The molecule has 1 aliphatic rings. The van der Waals surface area contributed by atoms with Gasteiger partial charge in [0.05, 0.1) is 0 Å².